The topological polar surface area (TPSA) is 0 Å². The molecule has 0 spiro atoms. The van der Waals surface area contributed by atoms with Crippen LogP contribution in [0.25, 0.3) is 0 Å². The molecule has 0 N–H and O–H groups in total. The van der Waals surface area contributed by atoms with Crippen molar-refractivity contribution < 1.29 is 0 Å². The fourth-order valence-electron chi connectivity index (χ4n) is 1.19. The van der Waals surface area contributed by atoms with Crippen molar-refractivity contribution >= 4 is 36.3 Å². The highest BCUT2D eigenvalue weighted by Gasteiger charge is 1.96. The molecule has 0 atom stereocenters. The molecule has 74 valence electrons. The highest BCUT2D eigenvalue weighted by molar-refractivity contribution is 9.69. The van der Waals surface area contributed by atoms with E-state index in [-0.39, 0.29) is 5.33 Å². The van der Waals surface area contributed by atoms with Crippen molar-refractivity contribution in [3.8, 4) is 0 Å². The maximum Gasteiger partial charge on any atom is 0.0346 e. The van der Waals surface area contributed by atoms with Gasteiger partial charge in [-0.05, 0) is 43.6 Å². The zero-order valence-corrected chi connectivity index (χ0v) is 11.9. The molecule has 0 fully saturated rings. The summed E-state index contributed by atoms with van der Waals surface area (Å²) in [6, 6.07) is 0. The van der Waals surface area contributed by atoms with Crippen LogP contribution in [-0.2, 0) is 0 Å². The standard InChI is InChI=1S/C9H19Br2P/c1-2-3-4-5-6-7-8-9-12(10)11/h2-9H2,1H3. The Bertz CT molecular complexity index is 86.6. The van der Waals surface area contributed by atoms with Gasteiger partial charge in [0.25, 0.3) is 0 Å². The van der Waals surface area contributed by atoms with E-state index in [0.29, 0.717) is 0 Å². The van der Waals surface area contributed by atoms with Gasteiger partial charge in [0, 0.05) is 5.33 Å². The van der Waals surface area contributed by atoms with Crippen LogP contribution < -0.4 is 0 Å². The monoisotopic (exact) mass is 316 g/mol. The van der Waals surface area contributed by atoms with E-state index in [4.69, 9.17) is 0 Å². The second-order valence-electron chi connectivity index (χ2n) is 3.15. The molecule has 0 aliphatic heterocycles. The minimum Gasteiger partial charge on any atom is -0.0654 e. The molecule has 0 heterocycles. The van der Waals surface area contributed by atoms with Crippen molar-refractivity contribution in [1.29, 1.82) is 0 Å². The average molecular weight is 318 g/mol. The Balaban J connectivity index is 2.82. The summed E-state index contributed by atoms with van der Waals surface area (Å²) in [4.78, 5) is 0. The number of unbranched alkanes of at least 4 members (excludes halogenated alkanes) is 6. The zero-order chi connectivity index (χ0) is 9.23. The van der Waals surface area contributed by atoms with Crippen LogP contribution in [0.5, 0.6) is 0 Å². The third-order valence-electron chi connectivity index (χ3n) is 1.93. The molecule has 0 nitrogen and oxygen atoms in total. The van der Waals surface area contributed by atoms with E-state index in [0.717, 1.165) is 0 Å². The first-order chi connectivity index (χ1) is 5.77. The maximum atomic E-state index is 3.55. The zero-order valence-electron chi connectivity index (χ0n) is 7.86. The summed E-state index contributed by atoms with van der Waals surface area (Å²) < 4.78 is 0. The lowest BCUT2D eigenvalue weighted by molar-refractivity contribution is 0.603. The Morgan fingerprint density at radius 1 is 0.833 bits per heavy atom. The number of rotatable bonds is 8. The van der Waals surface area contributed by atoms with Gasteiger partial charge in [-0.15, -0.1) is 0 Å². The summed E-state index contributed by atoms with van der Waals surface area (Å²) in [5.74, 6) is 0. The van der Waals surface area contributed by atoms with Crippen LogP contribution in [0.15, 0.2) is 0 Å². The summed E-state index contributed by atoms with van der Waals surface area (Å²) in [6.45, 7) is 2.27. The van der Waals surface area contributed by atoms with Crippen LogP contribution in [0, 0.1) is 0 Å². The van der Waals surface area contributed by atoms with Crippen molar-refractivity contribution in [2.24, 2.45) is 0 Å². The molecule has 0 saturated heterocycles. The molecule has 0 rings (SSSR count). The smallest absolute Gasteiger partial charge is 0.0346 e. The number of hydrogen-bond donors (Lipinski definition) is 0. The normalized spacial score (nSPS) is 11.0. The van der Waals surface area contributed by atoms with Crippen LogP contribution in [-0.4, -0.2) is 6.16 Å². The summed E-state index contributed by atoms with van der Waals surface area (Å²) in [5.41, 5.74) is 0. The lowest BCUT2D eigenvalue weighted by Gasteiger charge is -2.01. The van der Waals surface area contributed by atoms with E-state index in [1.165, 1.54) is 51.1 Å². The van der Waals surface area contributed by atoms with Gasteiger partial charge in [-0.25, -0.2) is 0 Å². The largest absolute Gasteiger partial charge is 0.0654 e. The van der Waals surface area contributed by atoms with Gasteiger partial charge in [0.05, 0.1) is 0 Å². The molecule has 0 aliphatic carbocycles. The van der Waals surface area contributed by atoms with Gasteiger partial charge in [0.15, 0.2) is 0 Å². The van der Waals surface area contributed by atoms with Crippen LogP contribution in [0.2, 0.25) is 0 Å². The van der Waals surface area contributed by atoms with Crippen LogP contribution >= 0.6 is 36.3 Å². The highest BCUT2D eigenvalue weighted by Crippen LogP contribution is 2.52. The van der Waals surface area contributed by atoms with Crippen LogP contribution in [0.4, 0.5) is 0 Å². The Morgan fingerprint density at radius 2 is 1.33 bits per heavy atom. The molecule has 0 aromatic heterocycles. The van der Waals surface area contributed by atoms with E-state index in [2.05, 4.69) is 37.9 Å². The molecule has 0 bridgehead atoms. The first kappa shape index (κ1) is 13.4. The average Bonchev–Trinajstić information content (AvgIpc) is 2.02. The predicted octanol–water partition coefficient (Wildman–Crippen LogP) is 5.84. The second kappa shape index (κ2) is 10.5. The Hall–Kier alpha value is 1.39. The molecule has 0 radical (unpaired) electrons. The fourth-order valence-corrected chi connectivity index (χ4v) is 3.16. The van der Waals surface area contributed by atoms with Crippen molar-refractivity contribution in [3.63, 3.8) is 0 Å². The quantitative estimate of drug-likeness (QED) is 0.390. The summed E-state index contributed by atoms with van der Waals surface area (Å²) in [6.07, 6.45) is 11.2. The van der Waals surface area contributed by atoms with E-state index in [1.54, 1.807) is 0 Å². The van der Waals surface area contributed by atoms with Crippen molar-refractivity contribution in [3.05, 3.63) is 0 Å². The molecule has 12 heavy (non-hydrogen) atoms. The van der Waals surface area contributed by atoms with Gasteiger partial charge in [-0.1, -0.05) is 45.4 Å². The lowest BCUT2D eigenvalue weighted by atomic mass is 10.1. The van der Waals surface area contributed by atoms with Gasteiger partial charge in [0.1, 0.15) is 0 Å². The Morgan fingerprint density at radius 3 is 1.83 bits per heavy atom. The second-order valence-corrected chi connectivity index (χ2v) is 12.2. The van der Waals surface area contributed by atoms with E-state index >= 15 is 0 Å². The van der Waals surface area contributed by atoms with Gasteiger partial charge in [-0.3, -0.25) is 0 Å². The molecule has 0 aliphatic rings. The third kappa shape index (κ3) is 11.4. The first-order valence-corrected chi connectivity index (χ1v) is 10.4. The summed E-state index contributed by atoms with van der Waals surface area (Å²) in [7, 11) is 0. The number of halogens is 2. The minimum absolute atomic E-state index is 0.00305. The molecule has 0 aromatic carbocycles. The van der Waals surface area contributed by atoms with E-state index in [9.17, 15) is 0 Å². The Labute approximate surface area is 94.1 Å². The van der Waals surface area contributed by atoms with Crippen molar-refractivity contribution in [1.82, 2.24) is 0 Å². The lowest BCUT2D eigenvalue weighted by Crippen LogP contribution is -1.81. The van der Waals surface area contributed by atoms with Crippen molar-refractivity contribution in [2.75, 3.05) is 6.16 Å². The molecular formula is C9H19Br2P. The van der Waals surface area contributed by atoms with Gasteiger partial charge < -0.3 is 0 Å². The SMILES string of the molecule is CCCCCCCCCP(Br)Br. The Kier molecular flexibility index (Phi) is 11.7. The first-order valence-electron chi connectivity index (χ1n) is 4.86. The van der Waals surface area contributed by atoms with E-state index < -0.39 is 0 Å². The van der Waals surface area contributed by atoms with Crippen LogP contribution in [0.3, 0.4) is 0 Å². The maximum absolute atomic E-state index is 3.55. The van der Waals surface area contributed by atoms with E-state index in [1.807, 2.05) is 0 Å². The summed E-state index contributed by atoms with van der Waals surface area (Å²) in [5, 5.41) is -0.00305. The molecule has 0 aromatic rings. The van der Waals surface area contributed by atoms with Gasteiger partial charge in [0.2, 0.25) is 0 Å². The predicted molar refractivity (Wildman–Crippen MR) is 67.6 cm³/mol. The molecular weight excluding hydrogens is 299 g/mol. The summed E-state index contributed by atoms with van der Waals surface area (Å²) >= 11 is 7.10. The molecule has 3 heteroatoms. The van der Waals surface area contributed by atoms with Gasteiger partial charge >= 0.3 is 0 Å². The third-order valence-corrected chi connectivity index (χ3v) is 4.71. The molecule has 0 amide bonds. The van der Waals surface area contributed by atoms with Crippen molar-refractivity contribution in [2.45, 2.75) is 51.9 Å². The highest BCUT2D eigenvalue weighted by atomic mass is 79.9. The van der Waals surface area contributed by atoms with Gasteiger partial charge in [-0.2, -0.15) is 0 Å². The number of hydrogen-bond acceptors (Lipinski definition) is 0. The fraction of sp³-hybridized carbons (Fsp3) is 1.00. The molecule has 0 unspecified atom stereocenters. The minimum atomic E-state index is -0.00305. The molecule has 0 saturated carbocycles. The van der Waals surface area contributed by atoms with Crippen LogP contribution in [0.1, 0.15) is 51.9 Å².